The van der Waals surface area contributed by atoms with Gasteiger partial charge in [-0.25, -0.2) is 23.1 Å². The van der Waals surface area contributed by atoms with E-state index in [1.165, 1.54) is 24.3 Å². The molecule has 0 spiro atoms. The first-order chi connectivity index (χ1) is 16.0. The fourth-order valence-corrected chi connectivity index (χ4v) is 3.64. The van der Waals surface area contributed by atoms with Crippen LogP contribution in [0.15, 0.2) is 91.8 Å². The smallest absolute Gasteiger partial charge is 0.169 e. The van der Waals surface area contributed by atoms with E-state index in [4.69, 9.17) is 4.98 Å². The quantitative estimate of drug-likeness (QED) is 0.335. The molecule has 0 bridgehead atoms. The number of benzene rings is 2. The summed E-state index contributed by atoms with van der Waals surface area (Å²) in [5, 5.41) is 3.12. The Balaban J connectivity index is 1.52. The van der Waals surface area contributed by atoms with Gasteiger partial charge in [-0.1, -0.05) is 18.7 Å². The minimum Gasteiger partial charge on any atom is -0.354 e. The fourth-order valence-electron chi connectivity index (χ4n) is 3.64. The van der Waals surface area contributed by atoms with Crippen LogP contribution in [0.5, 0.6) is 0 Å². The molecule has 0 saturated carbocycles. The van der Waals surface area contributed by atoms with E-state index < -0.39 is 11.6 Å². The van der Waals surface area contributed by atoms with Crippen LogP contribution >= 0.6 is 0 Å². The molecule has 3 aromatic heterocycles. The van der Waals surface area contributed by atoms with Crippen molar-refractivity contribution in [3.8, 4) is 22.6 Å². The average molecular weight is 442 g/mol. The van der Waals surface area contributed by atoms with Gasteiger partial charge in [0.1, 0.15) is 11.6 Å². The molecule has 3 heterocycles. The molecule has 4 nitrogen and oxygen atoms in total. The highest BCUT2D eigenvalue weighted by molar-refractivity contribution is 5.81. The van der Waals surface area contributed by atoms with Crippen molar-refractivity contribution in [2.75, 3.05) is 5.32 Å². The van der Waals surface area contributed by atoms with E-state index in [2.05, 4.69) is 16.9 Å². The first-order valence-corrected chi connectivity index (χ1v) is 10.1. The third kappa shape index (κ3) is 3.85. The average Bonchev–Trinajstić information content (AvgIpc) is 3.26. The number of fused-ring (bicyclic) bond motifs is 1. The van der Waals surface area contributed by atoms with Crippen LogP contribution in [0.2, 0.25) is 0 Å². The molecule has 0 aliphatic heterocycles. The number of hydrogen-bond acceptors (Lipinski definition) is 3. The molecule has 0 aliphatic rings. The number of rotatable bonds is 5. The Kier molecular flexibility index (Phi) is 5.14. The number of nitrogens with one attached hydrogen (secondary N) is 1. The highest BCUT2D eigenvalue weighted by atomic mass is 19.2. The number of aromatic nitrogens is 3. The number of nitrogens with zero attached hydrogens (tertiary/aromatic N) is 3. The number of hydrogen-bond donors (Lipinski definition) is 1. The molecule has 0 fully saturated rings. The topological polar surface area (TPSA) is 42.2 Å². The molecule has 5 rings (SSSR count). The van der Waals surface area contributed by atoms with Crippen LogP contribution < -0.4 is 5.32 Å². The highest BCUT2D eigenvalue weighted by Crippen LogP contribution is 2.30. The summed E-state index contributed by atoms with van der Waals surface area (Å²) in [6.45, 7) is 4.04. The van der Waals surface area contributed by atoms with Gasteiger partial charge in [0.2, 0.25) is 0 Å². The fraction of sp³-hybridized carbons (Fsp3) is 0. The van der Waals surface area contributed by atoms with Gasteiger partial charge in [0, 0.05) is 17.4 Å². The molecule has 2 aromatic carbocycles. The van der Waals surface area contributed by atoms with Crippen LogP contribution in [0.3, 0.4) is 0 Å². The second kappa shape index (κ2) is 8.27. The van der Waals surface area contributed by atoms with Gasteiger partial charge in [-0.05, 0) is 60.7 Å². The molecule has 1 N–H and O–H groups in total. The van der Waals surface area contributed by atoms with Gasteiger partial charge in [0.25, 0.3) is 0 Å². The second-order valence-corrected chi connectivity index (χ2v) is 7.38. The maximum atomic E-state index is 14.4. The van der Waals surface area contributed by atoms with Crippen LogP contribution in [-0.2, 0) is 0 Å². The van der Waals surface area contributed by atoms with Crippen LogP contribution in [-0.4, -0.2) is 14.4 Å². The minimum absolute atomic E-state index is 0.0748. The zero-order valence-electron chi connectivity index (χ0n) is 17.3. The third-order valence-corrected chi connectivity index (χ3v) is 5.24. The zero-order chi connectivity index (χ0) is 22.9. The molecule has 0 radical (unpaired) electrons. The summed E-state index contributed by atoms with van der Waals surface area (Å²) in [6, 6.07) is 19.1. The Morgan fingerprint density at radius 2 is 1.61 bits per heavy atom. The maximum absolute atomic E-state index is 14.4. The Morgan fingerprint density at radius 1 is 0.848 bits per heavy atom. The van der Waals surface area contributed by atoms with Gasteiger partial charge in [0.05, 0.1) is 34.4 Å². The van der Waals surface area contributed by atoms with Crippen molar-refractivity contribution in [3.05, 3.63) is 115 Å². The van der Waals surface area contributed by atoms with E-state index >= 15 is 0 Å². The first kappa shape index (κ1) is 20.5. The lowest BCUT2D eigenvalue weighted by molar-refractivity contribution is 0.510. The number of halogens is 3. The molecule has 33 heavy (non-hydrogen) atoms. The summed E-state index contributed by atoms with van der Waals surface area (Å²) in [5.41, 5.74) is 4.04. The SMILES string of the molecule is C=C(Nc1ccc(F)cc1)c1cccc(-c2cccn3c(-c4cccc(F)c4F)ncc23)n1. The van der Waals surface area contributed by atoms with Crippen LogP contribution in [0.4, 0.5) is 18.9 Å². The zero-order valence-corrected chi connectivity index (χ0v) is 17.3. The van der Waals surface area contributed by atoms with E-state index in [0.717, 1.165) is 11.6 Å². The van der Waals surface area contributed by atoms with Crippen molar-refractivity contribution in [1.29, 1.82) is 0 Å². The summed E-state index contributed by atoms with van der Waals surface area (Å²) in [4.78, 5) is 9.05. The van der Waals surface area contributed by atoms with Gasteiger partial charge in [0.15, 0.2) is 11.6 Å². The largest absolute Gasteiger partial charge is 0.354 e. The molecule has 0 unspecified atom stereocenters. The molecule has 0 aliphatic carbocycles. The van der Waals surface area contributed by atoms with E-state index in [9.17, 15) is 13.2 Å². The van der Waals surface area contributed by atoms with Gasteiger partial charge in [-0.2, -0.15) is 0 Å². The minimum atomic E-state index is -0.946. The Bertz CT molecular complexity index is 1490. The van der Waals surface area contributed by atoms with E-state index in [1.807, 2.05) is 24.3 Å². The van der Waals surface area contributed by atoms with Crippen LogP contribution in [0, 0.1) is 17.5 Å². The van der Waals surface area contributed by atoms with Crippen molar-refractivity contribution in [3.63, 3.8) is 0 Å². The maximum Gasteiger partial charge on any atom is 0.169 e. The summed E-state index contributed by atoms with van der Waals surface area (Å²) in [5.74, 6) is -1.90. The number of imidazole rings is 1. The van der Waals surface area contributed by atoms with Crippen molar-refractivity contribution in [2.24, 2.45) is 0 Å². The van der Waals surface area contributed by atoms with Crippen LogP contribution in [0.1, 0.15) is 5.69 Å². The molecule has 0 saturated heterocycles. The lowest BCUT2D eigenvalue weighted by atomic mass is 10.1. The van der Waals surface area contributed by atoms with E-state index in [1.54, 1.807) is 35.0 Å². The van der Waals surface area contributed by atoms with Crippen LogP contribution in [0.25, 0.3) is 33.9 Å². The lowest BCUT2D eigenvalue weighted by Gasteiger charge is -2.11. The van der Waals surface area contributed by atoms with Gasteiger partial charge in [-0.15, -0.1) is 0 Å². The Morgan fingerprint density at radius 3 is 2.42 bits per heavy atom. The number of anilines is 1. The predicted octanol–water partition coefficient (Wildman–Crippen LogP) is 6.56. The Labute approximate surface area is 187 Å². The Hall–Kier alpha value is -4.39. The molecular weight excluding hydrogens is 425 g/mol. The lowest BCUT2D eigenvalue weighted by Crippen LogP contribution is -2.01. The van der Waals surface area contributed by atoms with Gasteiger partial charge >= 0.3 is 0 Å². The van der Waals surface area contributed by atoms with Crippen molar-refractivity contribution < 1.29 is 13.2 Å². The third-order valence-electron chi connectivity index (χ3n) is 5.24. The standard InChI is InChI=1S/C26H17F3N4/c1-16(31-18-12-10-17(27)11-13-18)22-8-3-9-23(32-22)19-6-4-14-33-24(19)15-30-26(33)20-5-2-7-21(28)25(20)29/h2-15,31H,1H2. The summed E-state index contributed by atoms with van der Waals surface area (Å²) in [6.07, 6.45) is 3.35. The number of pyridine rings is 2. The molecule has 7 heteroatoms. The normalized spacial score (nSPS) is 11.0. The molecule has 5 aromatic rings. The van der Waals surface area contributed by atoms with Crippen molar-refractivity contribution in [2.45, 2.75) is 0 Å². The van der Waals surface area contributed by atoms with Crippen molar-refractivity contribution >= 4 is 16.9 Å². The first-order valence-electron chi connectivity index (χ1n) is 10.1. The van der Waals surface area contributed by atoms with Crippen molar-refractivity contribution in [1.82, 2.24) is 14.4 Å². The summed E-state index contributed by atoms with van der Waals surface area (Å²) in [7, 11) is 0. The summed E-state index contributed by atoms with van der Waals surface area (Å²) >= 11 is 0. The van der Waals surface area contributed by atoms with Gasteiger partial charge in [-0.3, -0.25) is 4.40 Å². The molecule has 0 amide bonds. The monoisotopic (exact) mass is 442 g/mol. The molecule has 0 atom stereocenters. The molecule has 162 valence electrons. The predicted molar refractivity (Wildman–Crippen MR) is 123 cm³/mol. The summed E-state index contributed by atoms with van der Waals surface area (Å²) < 4.78 is 43.0. The van der Waals surface area contributed by atoms with E-state index in [-0.39, 0.29) is 11.4 Å². The molecular formula is C26H17F3N4. The second-order valence-electron chi connectivity index (χ2n) is 7.38. The van der Waals surface area contributed by atoms with E-state index in [0.29, 0.717) is 34.1 Å². The highest BCUT2D eigenvalue weighted by Gasteiger charge is 2.16. The van der Waals surface area contributed by atoms with Gasteiger partial charge < -0.3 is 5.32 Å².